The van der Waals surface area contributed by atoms with Crippen molar-refractivity contribution in [2.45, 2.75) is 271 Å². The summed E-state index contributed by atoms with van der Waals surface area (Å²) in [7, 11) is 0. The fourth-order valence-electron chi connectivity index (χ4n) is 7.14. The molecule has 0 saturated carbocycles. The molecule has 0 aliphatic rings. The molecule has 0 aliphatic carbocycles. The predicted molar refractivity (Wildman–Crippen MR) is 243 cm³/mol. The van der Waals surface area contributed by atoms with Crippen LogP contribution in [0, 0.1) is 0 Å². The summed E-state index contributed by atoms with van der Waals surface area (Å²) in [6.45, 7) is 6.61. The van der Waals surface area contributed by atoms with Gasteiger partial charge in [0.05, 0.1) is 0 Å². The summed E-state index contributed by atoms with van der Waals surface area (Å²) in [5, 5.41) is 0. The van der Waals surface area contributed by atoms with E-state index < -0.39 is 6.10 Å². The first-order chi connectivity index (χ1) is 28.0. The van der Waals surface area contributed by atoms with Gasteiger partial charge in [0.2, 0.25) is 0 Å². The van der Waals surface area contributed by atoms with E-state index >= 15 is 0 Å². The highest BCUT2D eigenvalue weighted by Crippen LogP contribution is 2.14. The van der Waals surface area contributed by atoms with E-state index in [1.54, 1.807) is 0 Å². The lowest BCUT2D eigenvalue weighted by Crippen LogP contribution is -2.30. The maximum absolute atomic E-state index is 12.7. The van der Waals surface area contributed by atoms with Gasteiger partial charge < -0.3 is 14.2 Å². The van der Waals surface area contributed by atoms with Crippen LogP contribution >= 0.6 is 0 Å². The number of carbonyl (C=O) groups excluding carboxylic acids is 3. The third-order valence-corrected chi connectivity index (χ3v) is 10.9. The molecule has 0 aromatic heterocycles. The van der Waals surface area contributed by atoms with Crippen molar-refractivity contribution in [1.82, 2.24) is 0 Å². The molecule has 0 amide bonds. The normalized spacial score (nSPS) is 12.1. The zero-order valence-electron chi connectivity index (χ0n) is 38.1. The van der Waals surface area contributed by atoms with E-state index in [1.165, 1.54) is 154 Å². The summed E-state index contributed by atoms with van der Waals surface area (Å²) in [6.07, 6.45) is 51.6. The molecule has 0 rings (SSSR count). The Morgan fingerprint density at radius 2 is 0.579 bits per heavy atom. The quantitative estimate of drug-likeness (QED) is 0.0200. The van der Waals surface area contributed by atoms with Gasteiger partial charge in [0.25, 0.3) is 0 Å². The van der Waals surface area contributed by atoms with Crippen molar-refractivity contribution < 1.29 is 28.6 Å². The van der Waals surface area contributed by atoms with E-state index in [4.69, 9.17) is 14.2 Å². The smallest absolute Gasteiger partial charge is 0.306 e. The van der Waals surface area contributed by atoms with Crippen LogP contribution in [0.1, 0.15) is 265 Å². The fraction of sp³-hybridized carbons (Fsp3) is 0.863. The van der Waals surface area contributed by atoms with Crippen molar-refractivity contribution in [1.29, 1.82) is 0 Å². The second-order valence-electron chi connectivity index (χ2n) is 16.7. The largest absolute Gasteiger partial charge is 0.462 e. The van der Waals surface area contributed by atoms with Gasteiger partial charge in [-0.15, -0.1) is 0 Å². The maximum Gasteiger partial charge on any atom is 0.306 e. The Bertz CT molecular complexity index is 927. The molecule has 0 spiro atoms. The molecule has 6 heteroatoms. The average molecular weight is 806 g/mol. The third kappa shape index (κ3) is 44.8. The van der Waals surface area contributed by atoms with Crippen molar-refractivity contribution in [3.8, 4) is 0 Å². The van der Waals surface area contributed by atoms with Crippen molar-refractivity contribution in [2.24, 2.45) is 0 Å². The number of allylic oxidation sites excluding steroid dienone is 4. The minimum Gasteiger partial charge on any atom is -0.462 e. The third-order valence-electron chi connectivity index (χ3n) is 10.9. The van der Waals surface area contributed by atoms with Gasteiger partial charge in [0, 0.05) is 19.3 Å². The second-order valence-corrected chi connectivity index (χ2v) is 16.7. The van der Waals surface area contributed by atoms with Crippen molar-refractivity contribution in [2.75, 3.05) is 13.2 Å². The minimum atomic E-state index is -0.772. The molecule has 0 N–H and O–H groups in total. The van der Waals surface area contributed by atoms with Gasteiger partial charge in [-0.1, -0.05) is 199 Å². The molecule has 0 aliphatic heterocycles. The summed E-state index contributed by atoms with van der Waals surface area (Å²) in [5.74, 6) is -0.885. The molecular formula is C51H94O6. The van der Waals surface area contributed by atoms with Gasteiger partial charge in [-0.05, 0) is 70.6 Å². The fourth-order valence-corrected chi connectivity index (χ4v) is 7.14. The van der Waals surface area contributed by atoms with Crippen LogP contribution in [0.15, 0.2) is 24.3 Å². The zero-order chi connectivity index (χ0) is 41.5. The maximum atomic E-state index is 12.7. The first-order valence-electron chi connectivity index (χ1n) is 24.8. The highest BCUT2D eigenvalue weighted by molar-refractivity contribution is 5.71. The number of hydrogen-bond acceptors (Lipinski definition) is 6. The summed E-state index contributed by atoms with van der Waals surface area (Å²) >= 11 is 0. The standard InChI is InChI=1S/C51H94O6/c1-4-7-10-13-16-19-21-23-25-27-29-32-35-38-41-44-50(53)56-47-48(46-55-49(52)43-40-37-34-31-18-15-12-9-6-3)57-51(54)45-42-39-36-33-30-28-26-24-22-20-17-14-11-8-5-2/h23-26,48H,4-22,27-47H2,1-3H3/b25-23-,26-24-/i46+1,47+1,48+1. The Morgan fingerprint density at radius 3 is 0.877 bits per heavy atom. The molecule has 0 heterocycles. The Hall–Kier alpha value is -2.11. The van der Waals surface area contributed by atoms with E-state index in [9.17, 15) is 14.4 Å². The molecule has 1 unspecified atom stereocenters. The Balaban J connectivity index is 4.34. The highest BCUT2D eigenvalue weighted by Gasteiger charge is 2.19. The van der Waals surface area contributed by atoms with E-state index in [2.05, 4.69) is 45.1 Å². The number of unbranched alkanes of at least 4 members (excludes halogenated alkanes) is 30. The van der Waals surface area contributed by atoms with Crippen LogP contribution in [0.3, 0.4) is 0 Å². The van der Waals surface area contributed by atoms with Gasteiger partial charge in [-0.2, -0.15) is 0 Å². The molecule has 334 valence electrons. The summed E-state index contributed by atoms with van der Waals surface area (Å²) in [5.41, 5.74) is 0. The first-order valence-corrected chi connectivity index (χ1v) is 24.8. The van der Waals surface area contributed by atoms with Crippen LogP contribution < -0.4 is 0 Å². The van der Waals surface area contributed by atoms with Crippen molar-refractivity contribution in [3.63, 3.8) is 0 Å². The minimum absolute atomic E-state index is 0.0743. The number of esters is 3. The van der Waals surface area contributed by atoms with E-state index in [1.807, 2.05) is 0 Å². The Labute approximate surface area is 353 Å². The summed E-state index contributed by atoms with van der Waals surface area (Å²) in [4.78, 5) is 37.8. The molecule has 0 aromatic carbocycles. The number of rotatable bonds is 45. The van der Waals surface area contributed by atoms with E-state index in [-0.39, 0.29) is 31.1 Å². The van der Waals surface area contributed by atoms with Gasteiger partial charge in [-0.25, -0.2) is 0 Å². The molecule has 0 aromatic rings. The molecule has 0 bridgehead atoms. The molecular weight excluding hydrogens is 712 g/mol. The van der Waals surface area contributed by atoms with Crippen molar-refractivity contribution >= 4 is 17.9 Å². The lowest BCUT2D eigenvalue weighted by molar-refractivity contribution is -0.167. The zero-order valence-corrected chi connectivity index (χ0v) is 38.1. The van der Waals surface area contributed by atoms with Gasteiger partial charge in [0.1, 0.15) is 13.2 Å². The lowest BCUT2D eigenvalue weighted by Gasteiger charge is -2.18. The second kappa shape index (κ2) is 46.6. The van der Waals surface area contributed by atoms with E-state index in [0.717, 1.165) is 70.6 Å². The van der Waals surface area contributed by atoms with Gasteiger partial charge >= 0.3 is 17.9 Å². The van der Waals surface area contributed by atoms with Crippen molar-refractivity contribution in [3.05, 3.63) is 24.3 Å². The van der Waals surface area contributed by atoms with Crippen LogP contribution in [0.25, 0.3) is 0 Å². The average Bonchev–Trinajstić information content (AvgIpc) is 3.21. The number of carbonyl (C=O) groups is 3. The lowest BCUT2D eigenvalue weighted by atomic mass is 10.1. The monoisotopic (exact) mass is 806 g/mol. The highest BCUT2D eigenvalue weighted by atomic mass is 16.7. The Kier molecular flexibility index (Phi) is 44.9. The molecule has 0 fully saturated rings. The van der Waals surface area contributed by atoms with Gasteiger partial charge in [0.15, 0.2) is 6.10 Å². The molecule has 57 heavy (non-hydrogen) atoms. The first kappa shape index (κ1) is 54.9. The van der Waals surface area contributed by atoms with Crippen LogP contribution in [0.5, 0.6) is 0 Å². The van der Waals surface area contributed by atoms with Crippen LogP contribution in [0.2, 0.25) is 0 Å². The molecule has 1 atom stereocenters. The molecule has 0 saturated heterocycles. The molecule has 0 radical (unpaired) electrons. The number of ether oxygens (including phenoxy) is 3. The number of hydrogen-bond donors (Lipinski definition) is 0. The topological polar surface area (TPSA) is 78.9 Å². The van der Waals surface area contributed by atoms with Crippen LogP contribution in [-0.4, -0.2) is 37.2 Å². The van der Waals surface area contributed by atoms with Crippen LogP contribution in [0.4, 0.5) is 0 Å². The van der Waals surface area contributed by atoms with E-state index in [0.29, 0.717) is 19.3 Å². The Morgan fingerprint density at radius 1 is 0.333 bits per heavy atom. The molecule has 6 nitrogen and oxygen atoms in total. The van der Waals surface area contributed by atoms with Gasteiger partial charge in [-0.3, -0.25) is 14.4 Å². The van der Waals surface area contributed by atoms with Crippen LogP contribution in [-0.2, 0) is 28.6 Å². The summed E-state index contributed by atoms with van der Waals surface area (Å²) in [6, 6.07) is 0. The summed E-state index contributed by atoms with van der Waals surface area (Å²) < 4.78 is 16.7. The predicted octanol–water partition coefficient (Wildman–Crippen LogP) is 16.0. The SMILES string of the molecule is CCCCCCCC/C=C\CCCCCCCC(=O)O[13CH2][13CH]([13CH2]OC(=O)CCCCCCCCCCC)OC(=O)CCCCCCC/C=C\CCCCCCCC.